The van der Waals surface area contributed by atoms with Crippen LogP contribution in [0.1, 0.15) is 51.4 Å². The summed E-state index contributed by atoms with van der Waals surface area (Å²) in [6, 6.07) is 1.94. The summed E-state index contributed by atoms with van der Waals surface area (Å²) in [5.41, 5.74) is 6.26. The van der Waals surface area contributed by atoms with Crippen LogP contribution in [0.15, 0.2) is 0 Å². The number of hydrogen-bond acceptors (Lipinski definition) is 4. The molecule has 1 atom stereocenters. The van der Waals surface area contributed by atoms with E-state index in [0.717, 1.165) is 18.7 Å². The van der Waals surface area contributed by atoms with Gasteiger partial charge < -0.3 is 15.4 Å². The lowest BCUT2D eigenvalue weighted by Gasteiger charge is -2.48. The van der Waals surface area contributed by atoms with Crippen molar-refractivity contribution < 1.29 is 4.74 Å². The quantitative estimate of drug-likeness (QED) is 0.850. The van der Waals surface area contributed by atoms with Crippen molar-refractivity contribution in [3.63, 3.8) is 0 Å². The van der Waals surface area contributed by atoms with Gasteiger partial charge in [-0.15, -0.1) is 0 Å². The SMILES string of the molecule is CN(C1CCC(N)CC1)C1CCOC2(CCSCC2)C1. The van der Waals surface area contributed by atoms with Crippen LogP contribution in [0.5, 0.6) is 0 Å². The van der Waals surface area contributed by atoms with Crippen LogP contribution in [0, 0.1) is 0 Å². The van der Waals surface area contributed by atoms with E-state index in [0.29, 0.717) is 6.04 Å². The van der Waals surface area contributed by atoms with Gasteiger partial charge in [0.05, 0.1) is 5.60 Å². The maximum Gasteiger partial charge on any atom is 0.0713 e. The number of hydrogen-bond donors (Lipinski definition) is 1. The summed E-state index contributed by atoms with van der Waals surface area (Å²) in [6.45, 7) is 0.964. The largest absolute Gasteiger partial charge is 0.375 e. The normalized spacial score (nSPS) is 38.2. The van der Waals surface area contributed by atoms with Crippen molar-refractivity contribution in [1.29, 1.82) is 0 Å². The molecule has 0 bridgehead atoms. The fraction of sp³-hybridized carbons (Fsp3) is 1.00. The van der Waals surface area contributed by atoms with E-state index in [-0.39, 0.29) is 5.60 Å². The van der Waals surface area contributed by atoms with E-state index in [9.17, 15) is 0 Å². The summed E-state index contributed by atoms with van der Waals surface area (Å²) < 4.78 is 6.23. The molecular formula is C16H30N2OS. The molecule has 0 aromatic carbocycles. The lowest BCUT2D eigenvalue weighted by atomic mass is 9.83. The fourth-order valence-corrected chi connectivity index (χ4v) is 5.49. The van der Waals surface area contributed by atoms with Crippen molar-refractivity contribution in [3.8, 4) is 0 Å². The third-order valence-corrected chi connectivity index (χ3v) is 6.75. The van der Waals surface area contributed by atoms with E-state index >= 15 is 0 Å². The molecule has 3 rings (SSSR count). The van der Waals surface area contributed by atoms with E-state index in [1.807, 2.05) is 0 Å². The summed E-state index contributed by atoms with van der Waals surface area (Å²) in [5.74, 6) is 2.57. The molecule has 0 radical (unpaired) electrons. The number of rotatable bonds is 2. The number of nitrogens with zero attached hydrogens (tertiary/aromatic N) is 1. The van der Waals surface area contributed by atoms with Crippen molar-refractivity contribution in [1.82, 2.24) is 4.90 Å². The summed E-state index contributed by atoms with van der Waals surface area (Å²) in [5, 5.41) is 0. The van der Waals surface area contributed by atoms with Gasteiger partial charge in [0.25, 0.3) is 0 Å². The summed E-state index contributed by atoms with van der Waals surface area (Å²) >= 11 is 2.09. The van der Waals surface area contributed by atoms with Crippen molar-refractivity contribution in [2.24, 2.45) is 5.73 Å². The Morgan fingerprint density at radius 1 is 1.05 bits per heavy atom. The molecule has 2 heterocycles. The highest BCUT2D eigenvalue weighted by Crippen LogP contribution is 2.39. The Hall–Kier alpha value is 0.230. The first-order valence-electron chi connectivity index (χ1n) is 8.38. The van der Waals surface area contributed by atoms with Gasteiger partial charge in [-0.05, 0) is 69.9 Å². The standard InChI is InChI=1S/C16H30N2OS/c1-18(14-4-2-13(17)3-5-14)15-6-9-19-16(12-15)7-10-20-11-8-16/h13-15H,2-12,17H2,1H3. The van der Waals surface area contributed by atoms with E-state index < -0.39 is 0 Å². The average molecular weight is 298 g/mol. The Morgan fingerprint density at radius 3 is 2.45 bits per heavy atom. The van der Waals surface area contributed by atoms with Crippen LogP contribution < -0.4 is 5.73 Å². The predicted octanol–water partition coefficient (Wildman–Crippen LogP) is 2.63. The third-order valence-electron chi connectivity index (χ3n) is 5.76. The van der Waals surface area contributed by atoms with Gasteiger partial charge in [0, 0.05) is 24.7 Å². The van der Waals surface area contributed by atoms with Gasteiger partial charge in [-0.2, -0.15) is 11.8 Å². The van der Waals surface area contributed by atoms with E-state index in [4.69, 9.17) is 10.5 Å². The molecule has 3 aliphatic rings. The van der Waals surface area contributed by atoms with Crippen LogP contribution in [0.25, 0.3) is 0 Å². The van der Waals surface area contributed by atoms with E-state index in [1.165, 1.54) is 62.9 Å². The van der Waals surface area contributed by atoms with E-state index in [1.54, 1.807) is 0 Å². The number of ether oxygens (including phenoxy) is 1. The minimum Gasteiger partial charge on any atom is -0.375 e. The van der Waals surface area contributed by atoms with Crippen molar-refractivity contribution in [3.05, 3.63) is 0 Å². The first-order chi connectivity index (χ1) is 9.69. The Bertz CT molecular complexity index is 306. The molecule has 1 saturated carbocycles. The molecule has 116 valence electrons. The Morgan fingerprint density at radius 2 is 1.75 bits per heavy atom. The van der Waals surface area contributed by atoms with Gasteiger partial charge in [0.15, 0.2) is 0 Å². The van der Waals surface area contributed by atoms with Gasteiger partial charge >= 0.3 is 0 Å². The smallest absolute Gasteiger partial charge is 0.0713 e. The zero-order valence-electron chi connectivity index (χ0n) is 12.9. The van der Waals surface area contributed by atoms with Crippen LogP contribution in [0.3, 0.4) is 0 Å². The fourth-order valence-electron chi connectivity index (χ4n) is 4.25. The maximum atomic E-state index is 6.23. The third kappa shape index (κ3) is 3.34. The van der Waals surface area contributed by atoms with E-state index in [2.05, 4.69) is 23.7 Å². The molecule has 2 saturated heterocycles. The van der Waals surface area contributed by atoms with Crippen molar-refractivity contribution in [2.75, 3.05) is 25.2 Å². The molecule has 0 aromatic heterocycles. The molecule has 1 spiro atoms. The molecule has 2 aliphatic heterocycles. The molecule has 0 aromatic rings. The second kappa shape index (κ2) is 6.55. The van der Waals surface area contributed by atoms with Gasteiger partial charge in [-0.3, -0.25) is 0 Å². The van der Waals surface area contributed by atoms with Gasteiger partial charge in [0.2, 0.25) is 0 Å². The molecule has 1 unspecified atom stereocenters. The summed E-state index contributed by atoms with van der Waals surface area (Å²) in [4.78, 5) is 2.68. The van der Waals surface area contributed by atoms with Crippen molar-refractivity contribution >= 4 is 11.8 Å². The van der Waals surface area contributed by atoms with Gasteiger partial charge in [-0.25, -0.2) is 0 Å². The molecule has 2 N–H and O–H groups in total. The Balaban J connectivity index is 1.58. The topological polar surface area (TPSA) is 38.5 Å². The van der Waals surface area contributed by atoms with Gasteiger partial charge in [-0.1, -0.05) is 0 Å². The highest BCUT2D eigenvalue weighted by molar-refractivity contribution is 7.99. The lowest BCUT2D eigenvalue weighted by molar-refractivity contribution is -0.113. The monoisotopic (exact) mass is 298 g/mol. The van der Waals surface area contributed by atoms with Crippen LogP contribution in [0.4, 0.5) is 0 Å². The lowest BCUT2D eigenvalue weighted by Crippen LogP contribution is -2.52. The summed E-state index contributed by atoms with van der Waals surface area (Å²) in [7, 11) is 2.35. The number of thioether (sulfide) groups is 1. The highest BCUT2D eigenvalue weighted by atomic mass is 32.2. The van der Waals surface area contributed by atoms with Gasteiger partial charge in [0.1, 0.15) is 0 Å². The molecule has 1 aliphatic carbocycles. The van der Waals surface area contributed by atoms with Crippen LogP contribution in [-0.2, 0) is 4.74 Å². The number of nitrogens with two attached hydrogens (primary N) is 1. The van der Waals surface area contributed by atoms with Crippen LogP contribution in [-0.4, -0.2) is 53.8 Å². The Labute approximate surface area is 128 Å². The molecule has 20 heavy (non-hydrogen) atoms. The molecule has 0 amide bonds. The zero-order valence-corrected chi connectivity index (χ0v) is 13.7. The molecule has 3 nitrogen and oxygen atoms in total. The highest BCUT2D eigenvalue weighted by Gasteiger charge is 2.41. The average Bonchev–Trinajstić information content (AvgIpc) is 2.48. The molecule has 4 heteroatoms. The first-order valence-corrected chi connectivity index (χ1v) is 9.53. The predicted molar refractivity (Wildman–Crippen MR) is 86.3 cm³/mol. The Kier molecular flexibility index (Phi) is 4.96. The second-order valence-corrected chi connectivity index (χ2v) is 8.25. The molecular weight excluding hydrogens is 268 g/mol. The van der Waals surface area contributed by atoms with Crippen LogP contribution >= 0.6 is 11.8 Å². The summed E-state index contributed by atoms with van der Waals surface area (Å²) in [6.07, 6.45) is 9.99. The maximum absolute atomic E-state index is 6.23. The minimum atomic E-state index is 0.216. The van der Waals surface area contributed by atoms with Crippen molar-refractivity contribution in [2.45, 2.75) is 75.1 Å². The minimum absolute atomic E-state index is 0.216. The first kappa shape index (κ1) is 15.1. The second-order valence-electron chi connectivity index (χ2n) is 7.02. The zero-order chi connectivity index (χ0) is 14.0. The molecule has 3 fully saturated rings. The van der Waals surface area contributed by atoms with Crippen LogP contribution in [0.2, 0.25) is 0 Å².